The highest BCUT2D eigenvalue weighted by molar-refractivity contribution is 7.92. The summed E-state index contributed by atoms with van der Waals surface area (Å²) >= 11 is 0. The Morgan fingerprint density at radius 2 is 1.93 bits per heavy atom. The summed E-state index contributed by atoms with van der Waals surface area (Å²) < 4.78 is 39.4. The first-order valence-corrected chi connectivity index (χ1v) is 10.8. The van der Waals surface area contributed by atoms with Gasteiger partial charge < -0.3 is 14.4 Å². The van der Waals surface area contributed by atoms with Crippen LogP contribution >= 0.6 is 0 Å². The second-order valence-corrected chi connectivity index (χ2v) is 9.29. The summed E-state index contributed by atoms with van der Waals surface area (Å²) in [7, 11) is -2.29. The molecule has 8 heteroatoms. The maximum absolute atomic E-state index is 12.9. The molecule has 0 atom stereocenters. The van der Waals surface area contributed by atoms with Crippen LogP contribution in [-0.4, -0.2) is 34.6 Å². The third-order valence-corrected chi connectivity index (χ3v) is 6.44. The standard InChI is InChI=1S/C21H26N2O5S/c1-6-23-17-12-15(7-9-18(17)28-13-21(3,4)20(23)24)22-29(25,26)19-10-8-16(27-5)11-14(19)2/h7-12,22H,6,13H2,1-5H3. The Morgan fingerprint density at radius 3 is 2.55 bits per heavy atom. The minimum Gasteiger partial charge on any atom is -0.497 e. The van der Waals surface area contributed by atoms with E-state index in [-0.39, 0.29) is 17.4 Å². The largest absolute Gasteiger partial charge is 0.497 e. The van der Waals surface area contributed by atoms with E-state index in [9.17, 15) is 13.2 Å². The summed E-state index contributed by atoms with van der Waals surface area (Å²) in [5.74, 6) is 1.07. The number of amides is 1. The number of hydrogen-bond donors (Lipinski definition) is 1. The van der Waals surface area contributed by atoms with Crippen molar-refractivity contribution in [3.8, 4) is 11.5 Å². The van der Waals surface area contributed by atoms with E-state index in [1.54, 1.807) is 42.2 Å². The zero-order valence-electron chi connectivity index (χ0n) is 17.3. The van der Waals surface area contributed by atoms with Crippen molar-refractivity contribution >= 4 is 27.3 Å². The summed E-state index contributed by atoms with van der Waals surface area (Å²) in [6.45, 7) is 7.96. The smallest absolute Gasteiger partial charge is 0.262 e. The topological polar surface area (TPSA) is 84.9 Å². The lowest BCUT2D eigenvalue weighted by molar-refractivity contribution is -0.127. The zero-order valence-corrected chi connectivity index (χ0v) is 18.1. The number of nitrogens with zero attached hydrogens (tertiary/aromatic N) is 1. The quantitative estimate of drug-likeness (QED) is 0.802. The number of methoxy groups -OCH3 is 1. The van der Waals surface area contributed by atoms with Crippen LogP contribution in [-0.2, 0) is 14.8 Å². The monoisotopic (exact) mass is 418 g/mol. The minimum absolute atomic E-state index is 0.0650. The van der Waals surface area contributed by atoms with Crippen LogP contribution in [0.1, 0.15) is 26.3 Å². The highest BCUT2D eigenvalue weighted by Gasteiger charge is 2.37. The zero-order chi connectivity index (χ0) is 21.4. The first-order valence-electron chi connectivity index (χ1n) is 9.35. The predicted molar refractivity (Wildman–Crippen MR) is 112 cm³/mol. The predicted octanol–water partition coefficient (Wildman–Crippen LogP) is 3.58. The summed E-state index contributed by atoms with van der Waals surface area (Å²) in [5.41, 5.74) is 0.805. The molecule has 1 aliphatic heterocycles. The van der Waals surface area contributed by atoms with Gasteiger partial charge in [-0.15, -0.1) is 0 Å². The van der Waals surface area contributed by atoms with E-state index in [1.165, 1.54) is 13.2 Å². The first-order chi connectivity index (χ1) is 13.6. The number of carbonyl (C=O) groups excluding carboxylic acids is 1. The van der Waals surface area contributed by atoms with Gasteiger partial charge in [-0.3, -0.25) is 9.52 Å². The van der Waals surface area contributed by atoms with Gasteiger partial charge in [0.25, 0.3) is 10.0 Å². The van der Waals surface area contributed by atoms with Crippen molar-refractivity contribution in [3.63, 3.8) is 0 Å². The SMILES string of the molecule is CCN1C(=O)C(C)(C)COc2ccc(NS(=O)(=O)c3ccc(OC)cc3C)cc21. The molecule has 0 saturated carbocycles. The average molecular weight is 419 g/mol. The Morgan fingerprint density at radius 1 is 1.21 bits per heavy atom. The van der Waals surface area contributed by atoms with Crippen molar-refractivity contribution in [2.24, 2.45) is 5.41 Å². The van der Waals surface area contributed by atoms with E-state index < -0.39 is 15.4 Å². The second-order valence-electron chi connectivity index (χ2n) is 7.64. The van der Waals surface area contributed by atoms with Crippen LogP contribution in [0.3, 0.4) is 0 Å². The van der Waals surface area contributed by atoms with Crippen molar-refractivity contribution in [1.82, 2.24) is 0 Å². The molecule has 0 bridgehead atoms. The number of ether oxygens (including phenoxy) is 2. The molecule has 0 fully saturated rings. The maximum Gasteiger partial charge on any atom is 0.262 e. The number of anilines is 2. The Labute approximate surface area is 171 Å². The van der Waals surface area contributed by atoms with Crippen LogP contribution in [0.25, 0.3) is 0 Å². The molecule has 3 rings (SSSR count). The number of carbonyl (C=O) groups is 1. The molecule has 1 amide bonds. The van der Waals surface area contributed by atoms with Crippen LogP contribution < -0.4 is 19.1 Å². The van der Waals surface area contributed by atoms with Crippen LogP contribution in [0.5, 0.6) is 11.5 Å². The molecule has 0 spiro atoms. The van der Waals surface area contributed by atoms with Gasteiger partial charge in [0.15, 0.2) is 0 Å². The van der Waals surface area contributed by atoms with Gasteiger partial charge in [-0.05, 0) is 69.7 Å². The number of fused-ring (bicyclic) bond motifs is 1. The van der Waals surface area contributed by atoms with E-state index in [4.69, 9.17) is 9.47 Å². The third-order valence-electron chi connectivity index (χ3n) is 4.90. The highest BCUT2D eigenvalue weighted by Crippen LogP contribution is 2.38. The van der Waals surface area contributed by atoms with Crippen LogP contribution in [0.2, 0.25) is 0 Å². The van der Waals surface area contributed by atoms with E-state index in [2.05, 4.69) is 4.72 Å². The van der Waals surface area contributed by atoms with Gasteiger partial charge in [0.05, 0.1) is 28.8 Å². The molecule has 7 nitrogen and oxygen atoms in total. The van der Waals surface area contributed by atoms with Gasteiger partial charge in [0.2, 0.25) is 5.91 Å². The highest BCUT2D eigenvalue weighted by atomic mass is 32.2. The number of aryl methyl sites for hydroxylation is 1. The molecule has 156 valence electrons. The van der Waals surface area contributed by atoms with Gasteiger partial charge in [-0.2, -0.15) is 0 Å². The normalized spacial score (nSPS) is 15.9. The second kappa shape index (κ2) is 7.59. The summed E-state index contributed by atoms with van der Waals surface area (Å²) in [6.07, 6.45) is 0. The molecule has 0 aromatic heterocycles. The molecular formula is C21H26N2O5S. The van der Waals surface area contributed by atoms with Crippen molar-refractivity contribution in [2.75, 3.05) is 29.9 Å². The Kier molecular flexibility index (Phi) is 5.49. The Balaban J connectivity index is 1.97. The molecule has 0 unspecified atom stereocenters. The Bertz CT molecular complexity index is 1050. The van der Waals surface area contributed by atoms with Crippen molar-refractivity contribution in [2.45, 2.75) is 32.6 Å². The minimum atomic E-state index is -3.82. The third kappa shape index (κ3) is 4.03. The van der Waals surface area contributed by atoms with Gasteiger partial charge in [-0.1, -0.05) is 0 Å². The van der Waals surface area contributed by atoms with E-state index in [0.29, 0.717) is 35.0 Å². The summed E-state index contributed by atoms with van der Waals surface area (Å²) in [5, 5.41) is 0. The fraction of sp³-hybridized carbons (Fsp3) is 0.381. The summed E-state index contributed by atoms with van der Waals surface area (Å²) in [4.78, 5) is 14.7. The number of sulfonamides is 1. The fourth-order valence-electron chi connectivity index (χ4n) is 3.28. The summed E-state index contributed by atoms with van der Waals surface area (Å²) in [6, 6.07) is 9.73. The molecule has 0 saturated heterocycles. The first kappa shape index (κ1) is 21.0. The maximum atomic E-state index is 12.9. The van der Waals surface area contributed by atoms with Gasteiger partial charge >= 0.3 is 0 Å². The Hall–Kier alpha value is -2.74. The molecule has 0 radical (unpaired) electrons. The lowest BCUT2D eigenvalue weighted by Crippen LogP contribution is -2.42. The van der Waals surface area contributed by atoms with Gasteiger partial charge in [0.1, 0.15) is 18.1 Å². The van der Waals surface area contributed by atoms with E-state index >= 15 is 0 Å². The molecular weight excluding hydrogens is 392 g/mol. The molecule has 2 aromatic carbocycles. The van der Waals surface area contributed by atoms with Crippen molar-refractivity contribution < 1.29 is 22.7 Å². The van der Waals surface area contributed by atoms with E-state index in [1.807, 2.05) is 20.8 Å². The molecule has 1 N–H and O–H groups in total. The van der Waals surface area contributed by atoms with Crippen LogP contribution in [0.15, 0.2) is 41.3 Å². The average Bonchev–Trinajstić information content (AvgIpc) is 2.75. The molecule has 1 heterocycles. The molecule has 29 heavy (non-hydrogen) atoms. The van der Waals surface area contributed by atoms with Crippen LogP contribution in [0.4, 0.5) is 11.4 Å². The lowest BCUT2D eigenvalue weighted by atomic mass is 9.93. The lowest BCUT2D eigenvalue weighted by Gasteiger charge is -2.27. The number of benzene rings is 2. The molecule has 1 aliphatic rings. The van der Waals surface area contributed by atoms with Gasteiger partial charge in [0, 0.05) is 6.54 Å². The fourth-order valence-corrected chi connectivity index (χ4v) is 4.56. The van der Waals surface area contributed by atoms with E-state index in [0.717, 1.165) is 0 Å². The van der Waals surface area contributed by atoms with Gasteiger partial charge in [-0.25, -0.2) is 8.42 Å². The van der Waals surface area contributed by atoms with Crippen molar-refractivity contribution in [3.05, 3.63) is 42.0 Å². The van der Waals surface area contributed by atoms with Crippen molar-refractivity contribution in [1.29, 1.82) is 0 Å². The number of rotatable bonds is 5. The number of nitrogens with one attached hydrogen (secondary N) is 1. The number of hydrogen-bond acceptors (Lipinski definition) is 5. The van der Waals surface area contributed by atoms with Crippen LogP contribution in [0, 0.1) is 12.3 Å². The molecule has 0 aliphatic carbocycles. The molecule has 2 aromatic rings.